The summed E-state index contributed by atoms with van der Waals surface area (Å²) < 4.78 is 11.1. The van der Waals surface area contributed by atoms with Gasteiger partial charge in [-0.25, -0.2) is 9.97 Å². The molecule has 4 aromatic heterocycles. The zero-order valence-corrected chi connectivity index (χ0v) is 32.8. The van der Waals surface area contributed by atoms with Crippen molar-refractivity contribution in [3.05, 3.63) is 206 Å². The first-order valence-electron chi connectivity index (χ1n) is 20.7. The van der Waals surface area contributed by atoms with Gasteiger partial charge in [0, 0.05) is 54.8 Å². The van der Waals surface area contributed by atoms with Gasteiger partial charge >= 0.3 is 0 Å². The molecule has 0 bridgehead atoms. The van der Waals surface area contributed by atoms with E-state index < -0.39 is 0 Å². The molecule has 0 fully saturated rings. The summed E-state index contributed by atoms with van der Waals surface area (Å²) in [7, 11) is 0. The fourth-order valence-electron chi connectivity index (χ4n) is 9.55. The molecule has 5 heteroatoms. The molecule has 13 aromatic rings. The summed E-state index contributed by atoms with van der Waals surface area (Å²) in [6, 6.07) is 73.1. The molecular weight excluding hydrogens is 745 g/mol. The Morgan fingerprint density at radius 1 is 0.344 bits per heavy atom. The molecular formula is C56H34N4O. The smallest absolute Gasteiger partial charge is 0.160 e. The van der Waals surface area contributed by atoms with Gasteiger partial charge in [0.1, 0.15) is 11.2 Å². The maximum absolute atomic E-state index is 6.35. The quantitative estimate of drug-likeness (QED) is 0.175. The number of nitrogens with zero attached hydrogens (tertiary/aromatic N) is 4. The summed E-state index contributed by atoms with van der Waals surface area (Å²) in [4.78, 5) is 10.4. The van der Waals surface area contributed by atoms with E-state index in [9.17, 15) is 0 Å². The van der Waals surface area contributed by atoms with Gasteiger partial charge in [0.25, 0.3) is 0 Å². The van der Waals surface area contributed by atoms with Gasteiger partial charge in [-0.15, -0.1) is 0 Å². The van der Waals surface area contributed by atoms with Crippen molar-refractivity contribution in [3.8, 4) is 45.1 Å². The minimum atomic E-state index is 0.690. The highest BCUT2D eigenvalue weighted by molar-refractivity contribution is 6.24. The van der Waals surface area contributed by atoms with Crippen LogP contribution in [0.4, 0.5) is 0 Å². The normalized spacial score (nSPS) is 11.9. The number of hydrogen-bond acceptors (Lipinski definition) is 3. The molecule has 9 aromatic carbocycles. The predicted molar refractivity (Wildman–Crippen MR) is 252 cm³/mol. The molecule has 5 nitrogen and oxygen atoms in total. The number of furan rings is 1. The summed E-state index contributed by atoms with van der Waals surface area (Å²) in [5.74, 6) is 0.690. The molecule has 13 rings (SSSR count). The molecule has 0 atom stereocenters. The van der Waals surface area contributed by atoms with Crippen molar-refractivity contribution in [3.63, 3.8) is 0 Å². The monoisotopic (exact) mass is 778 g/mol. The first-order chi connectivity index (χ1) is 30.2. The zero-order chi connectivity index (χ0) is 40.0. The second-order valence-corrected chi connectivity index (χ2v) is 15.7. The van der Waals surface area contributed by atoms with Crippen LogP contribution in [0.1, 0.15) is 0 Å². The van der Waals surface area contributed by atoms with Gasteiger partial charge in [0.15, 0.2) is 5.82 Å². The number of hydrogen-bond donors (Lipinski definition) is 0. The molecule has 284 valence electrons. The van der Waals surface area contributed by atoms with Crippen LogP contribution in [0, 0.1) is 0 Å². The predicted octanol–water partition coefficient (Wildman–Crippen LogP) is 14.7. The maximum atomic E-state index is 6.35. The van der Waals surface area contributed by atoms with E-state index in [1.165, 1.54) is 38.1 Å². The van der Waals surface area contributed by atoms with Crippen molar-refractivity contribution in [1.82, 2.24) is 19.1 Å². The van der Waals surface area contributed by atoms with Crippen LogP contribution >= 0.6 is 0 Å². The minimum absolute atomic E-state index is 0.690. The van der Waals surface area contributed by atoms with Gasteiger partial charge in [0.2, 0.25) is 0 Å². The second-order valence-electron chi connectivity index (χ2n) is 15.7. The summed E-state index contributed by atoms with van der Waals surface area (Å²) in [6.45, 7) is 0. The third-order valence-corrected chi connectivity index (χ3v) is 12.3. The molecule has 0 aliphatic heterocycles. The molecule has 0 spiro atoms. The Morgan fingerprint density at radius 3 is 1.74 bits per heavy atom. The standard InChI is InChI=1S/C56H34N4O/c1-2-12-39(13-3-1)59-48-19-9-6-15-42(48)46-34-38(28-32-50(46)59)35-22-24-36(25-23-35)54-44-16-4-8-18-47(44)57-56(58-54)37-26-29-40(30-27-37)60-49-20-10-5-14-41(49)43-31-33-52-53(55(43)60)45-17-7-11-21-51(45)61-52/h1-34H. The summed E-state index contributed by atoms with van der Waals surface area (Å²) >= 11 is 0. The Labute approximate surface area is 350 Å². The Bertz CT molecular complexity index is 3860. The lowest BCUT2D eigenvalue weighted by molar-refractivity contribution is 0.669. The minimum Gasteiger partial charge on any atom is -0.456 e. The Hall–Kier alpha value is -8.28. The molecule has 61 heavy (non-hydrogen) atoms. The lowest BCUT2D eigenvalue weighted by Gasteiger charge is -2.12. The third kappa shape index (κ3) is 5.14. The van der Waals surface area contributed by atoms with E-state index >= 15 is 0 Å². The van der Waals surface area contributed by atoms with Crippen LogP contribution in [0.2, 0.25) is 0 Å². The summed E-state index contributed by atoms with van der Waals surface area (Å²) in [6.07, 6.45) is 0. The topological polar surface area (TPSA) is 48.8 Å². The van der Waals surface area contributed by atoms with Crippen LogP contribution in [0.3, 0.4) is 0 Å². The van der Waals surface area contributed by atoms with E-state index in [2.05, 4.69) is 197 Å². The second kappa shape index (κ2) is 13.1. The van der Waals surface area contributed by atoms with Crippen LogP contribution in [0.15, 0.2) is 211 Å². The zero-order valence-electron chi connectivity index (χ0n) is 32.8. The highest BCUT2D eigenvalue weighted by Gasteiger charge is 2.20. The average molecular weight is 779 g/mol. The molecule has 0 saturated carbocycles. The van der Waals surface area contributed by atoms with Crippen LogP contribution in [0.25, 0.3) is 122 Å². The Kier molecular flexibility index (Phi) is 7.24. The van der Waals surface area contributed by atoms with Gasteiger partial charge < -0.3 is 13.6 Å². The number of fused-ring (bicyclic) bond motifs is 11. The van der Waals surface area contributed by atoms with E-state index in [0.29, 0.717) is 5.82 Å². The molecule has 0 N–H and O–H groups in total. The Morgan fingerprint density at radius 2 is 0.934 bits per heavy atom. The average Bonchev–Trinajstić information content (AvgIpc) is 3.99. The maximum Gasteiger partial charge on any atom is 0.160 e. The first-order valence-corrected chi connectivity index (χ1v) is 20.7. The van der Waals surface area contributed by atoms with Crippen molar-refractivity contribution in [2.24, 2.45) is 0 Å². The van der Waals surface area contributed by atoms with Gasteiger partial charge in [-0.2, -0.15) is 0 Å². The van der Waals surface area contributed by atoms with Crippen molar-refractivity contribution >= 4 is 76.5 Å². The molecule has 0 aliphatic rings. The molecule has 0 radical (unpaired) electrons. The SMILES string of the molecule is c1ccc(-n2c3ccccc3c3cc(-c4ccc(-c5nc(-c6ccc(-n7c8ccccc8c8ccc9oc%10ccccc%10c9c87)cc6)nc6ccccc56)cc4)ccc32)cc1. The fraction of sp³-hybridized carbons (Fsp3) is 0. The summed E-state index contributed by atoms with van der Waals surface area (Å²) in [5, 5.41) is 8.14. The van der Waals surface area contributed by atoms with E-state index in [0.717, 1.165) is 77.6 Å². The Balaban J connectivity index is 0.897. The highest BCUT2D eigenvalue weighted by Crippen LogP contribution is 2.41. The van der Waals surface area contributed by atoms with Crippen LogP contribution in [-0.2, 0) is 0 Å². The number of rotatable bonds is 5. The fourth-order valence-corrected chi connectivity index (χ4v) is 9.55. The van der Waals surface area contributed by atoms with E-state index in [1.807, 2.05) is 18.2 Å². The van der Waals surface area contributed by atoms with Crippen molar-refractivity contribution in [2.75, 3.05) is 0 Å². The van der Waals surface area contributed by atoms with E-state index in [1.54, 1.807) is 0 Å². The van der Waals surface area contributed by atoms with E-state index in [-0.39, 0.29) is 0 Å². The molecule has 0 aliphatic carbocycles. The van der Waals surface area contributed by atoms with Crippen molar-refractivity contribution < 1.29 is 4.42 Å². The third-order valence-electron chi connectivity index (χ3n) is 12.3. The summed E-state index contributed by atoms with van der Waals surface area (Å²) in [5.41, 5.74) is 14.8. The molecule has 0 amide bonds. The molecule has 4 heterocycles. The lowest BCUT2D eigenvalue weighted by atomic mass is 9.99. The largest absolute Gasteiger partial charge is 0.456 e. The van der Waals surface area contributed by atoms with Gasteiger partial charge in [-0.1, -0.05) is 121 Å². The lowest BCUT2D eigenvalue weighted by Crippen LogP contribution is -1.97. The first kappa shape index (κ1) is 33.7. The van der Waals surface area contributed by atoms with Gasteiger partial charge in [-0.05, 0) is 96.1 Å². The van der Waals surface area contributed by atoms with Crippen LogP contribution in [-0.4, -0.2) is 19.1 Å². The molecule has 0 saturated heterocycles. The van der Waals surface area contributed by atoms with Crippen LogP contribution in [0.5, 0.6) is 0 Å². The van der Waals surface area contributed by atoms with Crippen LogP contribution < -0.4 is 0 Å². The van der Waals surface area contributed by atoms with Gasteiger partial charge in [-0.3, -0.25) is 0 Å². The molecule has 0 unspecified atom stereocenters. The number of benzene rings is 9. The van der Waals surface area contributed by atoms with Gasteiger partial charge in [0.05, 0.1) is 38.7 Å². The van der Waals surface area contributed by atoms with E-state index in [4.69, 9.17) is 14.4 Å². The number of para-hydroxylation sites is 5. The van der Waals surface area contributed by atoms with Crippen molar-refractivity contribution in [1.29, 1.82) is 0 Å². The van der Waals surface area contributed by atoms with Crippen molar-refractivity contribution in [2.45, 2.75) is 0 Å². The number of aromatic nitrogens is 4. The highest BCUT2D eigenvalue weighted by atomic mass is 16.3.